The van der Waals surface area contributed by atoms with Gasteiger partial charge in [0.25, 0.3) is 11.8 Å². The summed E-state index contributed by atoms with van der Waals surface area (Å²) in [6.45, 7) is 4.34. The van der Waals surface area contributed by atoms with E-state index in [4.69, 9.17) is 11.6 Å². The molecule has 34 heavy (non-hydrogen) atoms. The molecule has 0 spiro atoms. The van der Waals surface area contributed by atoms with Crippen LogP contribution in [0.5, 0.6) is 0 Å². The van der Waals surface area contributed by atoms with Gasteiger partial charge in [0.2, 0.25) is 0 Å². The SMILES string of the molecule is Cc1cccc(C(O)C(=O)N(C)CCCC2CCN(c3ccc(C(=O)N(C)C)c(Cl)n3)CC2)c1. The van der Waals surface area contributed by atoms with E-state index in [0.29, 0.717) is 23.6 Å². The van der Waals surface area contributed by atoms with E-state index < -0.39 is 6.10 Å². The Hall–Kier alpha value is -2.64. The van der Waals surface area contributed by atoms with Gasteiger partial charge in [0.05, 0.1) is 5.56 Å². The van der Waals surface area contributed by atoms with E-state index >= 15 is 0 Å². The van der Waals surface area contributed by atoms with Crippen LogP contribution in [0.15, 0.2) is 36.4 Å². The van der Waals surface area contributed by atoms with E-state index in [1.165, 1.54) is 4.90 Å². The number of likely N-dealkylation sites (N-methyl/N-ethyl adjacent to an activating group) is 1. The Morgan fingerprint density at radius 1 is 1.18 bits per heavy atom. The van der Waals surface area contributed by atoms with Gasteiger partial charge in [-0.1, -0.05) is 41.4 Å². The number of pyridine rings is 1. The van der Waals surface area contributed by atoms with Crippen molar-refractivity contribution in [2.45, 2.75) is 38.7 Å². The molecule has 1 aliphatic heterocycles. The lowest BCUT2D eigenvalue weighted by Gasteiger charge is -2.33. The van der Waals surface area contributed by atoms with Gasteiger partial charge in [0.15, 0.2) is 6.10 Å². The summed E-state index contributed by atoms with van der Waals surface area (Å²) in [7, 11) is 5.14. The average molecular weight is 487 g/mol. The van der Waals surface area contributed by atoms with Crippen LogP contribution < -0.4 is 4.90 Å². The van der Waals surface area contributed by atoms with Gasteiger partial charge < -0.3 is 19.8 Å². The van der Waals surface area contributed by atoms with Gasteiger partial charge in [-0.15, -0.1) is 0 Å². The highest BCUT2D eigenvalue weighted by Gasteiger charge is 2.24. The Kier molecular flexibility index (Phi) is 8.91. The number of benzene rings is 1. The number of anilines is 1. The molecule has 2 amide bonds. The third kappa shape index (κ3) is 6.48. The summed E-state index contributed by atoms with van der Waals surface area (Å²) in [4.78, 5) is 34.5. The van der Waals surface area contributed by atoms with Gasteiger partial charge in [-0.25, -0.2) is 4.98 Å². The standard InChI is InChI=1S/C26H35ClN4O3/c1-18-7-5-9-20(17-18)23(32)26(34)30(4)14-6-8-19-12-15-31(16-13-19)22-11-10-21(24(27)28-22)25(33)29(2)3/h5,7,9-11,17,19,23,32H,6,8,12-16H2,1-4H3. The summed E-state index contributed by atoms with van der Waals surface area (Å²) in [5, 5.41) is 10.7. The number of hydrogen-bond acceptors (Lipinski definition) is 5. The van der Waals surface area contributed by atoms with Crippen molar-refractivity contribution in [2.75, 3.05) is 45.7 Å². The Balaban J connectivity index is 1.43. The average Bonchev–Trinajstić information content (AvgIpc) is 2.83. The van der Waals surface area contributed by atoms with Gasteiger partial charge >= 0.3 is 0 Å². The first-order valence-electron chi connectivity index (χ1n) is 11.8. The molecule has 2 heterocycles. The van der Waals surface area contributed by atoms with Crippen molar-refractivity contribution in [1.82, 2.24) is 14.8 Å². The molecule has 1 saturated heterocycles. The summed E-state index contributed by atoms with van der Waals surface area (Å²) >= 11 is 6.27. The number of rotatable bonds is 8. The number of aryl methyl sites for hydroxylation is 1. The Morgan fingerprint density at radius 3 is 2.50 bits per heavy atom. The fourth-order valence-electron chi connectivity index (χ4n) is 4.37. The molecule has 0 radical (unpaired) electrons. The number of aliphatic hydroxyl groups is 1. The molecule has 1 atom stereocenters. The Bertz CT molecular complexity index is 1010. The molecular formula is C26H35ClN4O3. The summed E-state index contributed by atoms with van der Waals surface area (Å²) < 4.78 is 0. The molecule has 1 aliphatic rings. The lowest BCUT2D eigenvalue weighted by atomic mass is 9.92. The quantitative estimate of drug-likeness (QED) is 0.572. The normalized spacial score (nSPS) is 15.2. The minimum Gasteiger partial charge on any atom is -0.378 e. The van der Waals surface area contributed by atoms with Gasteiger partial charge in [-0.3, -0.25) is 9.59 Å². The lowest BCUT2D eigenvalue weighted by Crippen LogP contribution is -2.35. The molecule has 7 nitrogen and oxygen atoms in total. The summed E-state index contributed by atoms with van der Waals surface area (Å²) in [6.07, 6.45) is 2.91. The molecular weight excluding hydrogens is 452 g/mol. The Labute approximate surface area is 207 Å². The van der Waals surface area contributed by atoms with Gasteiger partial charge in [-0.2, -0.15) is 0 Å². The molecule has 8 heteroatoms. The van der Waals surface area contributed by atoms with Crippen LogP contribution in [0, 0.1) is 12.8 Å². The van der Waals surface area contributed by atoms with Crippen LogP contribution in [-0.2, 0) is 4.79 Å². The number of aliphatic hydroxyl groups excluding tert-OH is 1. The highest BCUT2D eigenvalue weighted by atomic mass is 35.5. The van der Waals surface area contributed by atoms with Crippen LogP contribution in [-0.4, -0.2) is 72.5 Å². The van der Waals surface area contributed by atoms with E-state index in [1.54, 1.807) is 38.2 Å². The first kappa shape index (κ1) is 26.0. The molecule has 2 aromatic rings. The Morgan fingerprint density at radius 2 is 1.88 bits per heavy atom. The van der Waals surface area contributed by atoms with Crippen molar-refractivity contribution in [1.29, 1.82) is 0 Å². The monoisotopic (exact) mass is 486 g/mol. The molecule has 1 unspecified atom stereocenters. The van der Waals surface area contributed by atoms with E-state index in [1.807, 2.05) is 31.2 Å². The zero-order valence-electron chi connectivity index (χ0n) is 20.5. The number of carbonyl (C=O) groups excluding carboxylic acids is 2. The lowest BCUT2D eigenvalue weighted by molar-refractivity contribution is -0.139. The smallest absolute Gasteiger partial charge is 0.256 e. The molecule has 1 aromatic heterocycles. The molecule has 0 aliphatic carbocycles. The van der Waals surface area contributed by atoms with Crippen molar-refractivity contribution in [3.63, 3.8) is 0 Å². The maximum Gasteiger partial charge on any atom is 0.256 e. The highest BCUT2D eigenvalue weighted by molar-refractivity contribution is 6.32. The van der Waals surface area contributed by atoms with Crippen molar-refractivity contribution < 1.29 is 14.7 Å². The summed E-state index contributed by atoms with van der Waals surface area (Å²) in [5.74, 6) is 0.970. The number of amides is 2. The van der Waals surface area contributed by atoms with Crippen molar-refractivity contribution in [3.05, 3.63) is 58.2 Å². The molecule has 1 N–H and O–H groups in total. The fraction of sp³-hybridized carbons (Fsp3) is 0.500. The fourth-order valence-corrected chi connectivity index (χ4v) is 4.60. The minimum atomic E-state index is -1.12. The van der Waals surface area contributed by atoms with Crippen LogP contribution in [0.4, 0.5) is 5.82 Å². The number of nitrogens with zero attached hydrogens (tertiary/aromatic N) is 4. The first-order chi connectivity index (χ1) is 16.2. The van der Waals surface area contributed by atoms with Gasteiger partial charge in [-0.05, 0) is 56.2 Å². The van der Waals surface area contributed by atoms with Crippen LogP contribution in [0.3, 0.4) is 0 Å². The number of halogens is 1. The summed E-state index contributed by atoms with van der Waals surface area (Å²) in [5.41, 5.74) is 2.07. The molecule has 1 aromatic carbocycles. The largest absolute Gasteiger partial charge is 0.378 e. The molecule has 0 saturated carbocycles. The van der Waals surface area contributed by atoms with Crippen molar-refractivity contribution in [3.8, 4) is 0 Å². The first-order valence-corrected chi connectivity index (χ1v) is 12.2. The predicted octanol–water partition coefficient (Wildman–Crippen LogP) is 3.93. The molecule has 3 rings (SSSR count). The van der Waals surface area contributed by atoms with Crippen LogP contribution in [0.25, 0.3) is 0 Å². The predicted molar refractivity (Wildman–Crippen MR) is 135 cm³/mol. The second kappa shape index (κ2) is 11.7. The van der Waals surface area contributed by atoms with Gasteiger partial charge in [0.1, 0.15) is 11.0 Å². The van der Waals surface area contributed by atoms with Gasteiger partial charge in [0, 0.05) is 40.8 Å². The van der Waals surface area contributed by atoms with E-state index in [0.717, 1.165) is 50.2 Å². The second-order valence-corrected chi connectivity index (χ2v) is 9.71. The molecule has 0 bridgehead atoms. The zero-order valence-corrected chi connectivity index (χ0v) is 21.3. The maximum atomic E-state index is 12.6. The van der Waals surface area contributed by atoms with Crippen molar-refractivity contribution in [2.24, 2.45) is 5.92 Å². The van der Waals surface area contributed by atoms with E-state index in [2.05, 4.69) is 9.88 Å². The number of aromatic nitrogens is 1. The van der Waals surface area contributed by atoms with E-state index in [-0.39, 0.29) is 17.0 Å². The maximum absolute atomic E-state index is 12.6. The third-order valence-electron chi connectivity index (χ3n) is 6.48. The van der Waals surface area contributed by atoms with Crippen LogP contribution in [0.2, 0.25) is 5.15 Å². The zero-order chi connectivity index (χ0) is 24.8. The topological polar surface area (TPSA) is 77.0 Å². The molecule has 1 fully saturated rings. The van der Waals surface area contributed by atoms with Crippen LogP contribution in [0.1, 0.15) is 53.3 Å². The number of piperidine rings is 1. The molecule has 184 valence electrons. The van der Waals surface area contributed by atoms with Crippen molar-refractivity contribution >= 4 is 29.2 Å². The number of hydrogen-bond donors (Lipinski definition) is 1. The summed E-state index contributed by atoms with van der Waals surface area (Å²) in [6, 6.07) is 11.0. The third-order valence-corrected chi connectivity index (χ3v) is 6.77. The minimum absolute atomic E-state index is 0.155. The highest BCUT2D eigenvalue weighted by Crippen LogP contribution is 2.27. The number of carbonyl (C=O) groups is 2. The second-order valence-electron chi connectivity index (χ2n) is 9.36. The van der Waals surface area contributed by atoms with E-state index in [9.17, 15) is 14.7 Å². The van der Waals surface area contributed by atoms with Crippen LogP contribution >= 0.6 is 11.6 Å².